The summed E-state index contributed by atoms with van der Waals surface area (Å²) in [6.07, 6.45) is -7.22. The Balaban J connectivity index is 0.000000379. The Labute approximate surface area is 322 Å². The molecule has 316 valence electrons. The first kappa shape index (κ1) is 45.0. The Morgan fingerprint density at radius 2 is 0.400 bits per heavy atom. The minimum Gasteiger partial charge on any atom is -0.264 e. The van der Waals surface area contributed by atoms with Crippen molar-refractivity contribution in [3.05, 3.63) is 177 Å². The topological polar surface area (TPSA) is 0 Å². The molecule has 0 radical (unpaired) electrons. The monoisotopic (exact) mass is 877 g/mol. The average Bonchev–Trinajstić information content (AvgIpc) is 3.24. The standard InChI is InChI=1S/C24BF20.C14H16N/c26-5-1(6(27)14(35)21(42)13(5)34)25(2-7(28)15(36)22(43)16(37)8(2)29,3-9(30)17(38)23(44)18(39)10(3)31)4-11(32)19(40)24(45)20(41)12(4)33;1-15(2,13-9-5-3-6-10-13)14-11-7-4-8-12-14/h;3-12H,1-2H3/q-1;+1. The Morgan fingerprint density at radius 1 is 0.250 bits per heavy atom. The molecule has 0 aliphatic rings. The molecule has 1 nitrogen and oxygen atoms in total. The number of benzene rings is 6. The van der Waals surface area contributed by atoms with E-state index in [0.717, 1.165) is 4.48 Å². The summed E-state index contributed by atoms with van der Waals surface area (Å²) in [5, 5.41) is 0. The van der Waals surface area contributed by atoms with Gasteiger partial charge in [0.15, 0.2) is 69.8 Å². The van der Waals surface area contributed by atoms with Gasteiger partial charge in [-0.05, 0) is 24.3 Å². The van der Waals surface area contributed by atoms with Crippen molar-refractivity contribution in [1.29, 1.82) is 0 Å². The van der Waals surface area contributed by atoms with Crippen LogP contribution in [0.4, 0.5) is 99.2 Å². The zero-order valence-corrected chi connectivity index (χ0v) is 29.4. The number of hydrogen-bond donors (Lipinski definition) is 0. The van der Waals surface area contributed by atoms with E-state index >= 15 is 35.1 Å². The van der Waals surface area contributed by atoms with E-state index in [1.807, 2.05) is 0 Å². The summed E-state index contributed by atoms with van der Waals surface area (Å²) < 4.78 is 295. The molecule has 60 heavy (non-hydrogen) atoms. The van der Waals surface area contributed by atoms with Gasteiger partial charge in [-0.2, -0.15) is 0 Å². The van der Waals surface area contributed by atoms with Crippen LogP contribution in [0.3, 0.4) is 0 Å². The van der Waals surface area contributed by atoms with Crippen molar-refractivity contribution < 1.29 is 87.8 Å². The van der Waals surface area contributed by atoms with Crippen LogP contribution >= 0.6 is 0 Å². The highest BCUT2D eigenvalue weighted by molar-refractivity contribution is 7.20. The van der Waals surface area contributed by atoms with Crippen LogP contribution in [0.2, 0.25) is 0 Å². The summed E-state index contributed by atoms with van der Waals surface area (Å²) >= 11 is 0. The molecule has 0 aromatic heterocycles. The van der Waals surface area contributed by atoms with E-state index in [0.29, 0.717) is 0 Å². The Bertz CT molecular complexity index is 2250. The van der Waals surface area contributed by atoms with Gasteiger partial charge in [0.2, 0.25) is 0 Å². The molecule has 0 N–H and O–H groups in total. The lowest BCUT2D eigenvalue weighted by Crippen LogP contribution is -2.81. The third-order valence-electron chi connectivity index (χ3n) is 9.51. The van der Waals surface area contributed by atoms with Gasteiger partial charge < -0.3 is 0 Å². The molecule has 6 aromatic rings. The van der Waals surface area contributed by atoms with Crippen molar-refractivity contribution in [2.45, 2.75) is 0 Å². The molecule has 0 aliphatic carbocycles. The zero-order chi connectivity index (χ0) is 45.1. The maximum atomic E-state index is 15.4. The van der Waals surface area contributed by atoms with Gasteiger partial charge in [-0.3, -0.25) is 4.48 Å². The van der Waals surface area contributed by atoms with Crippen LogP contribution in [0.5, 0.6) is 0 Å². The second-order valence-corrected chi connectivity index (χ2v) is 12.9. The number of para-hydroxylation sites is 2. The van der Waals surface area contributed by atoms with Crippen LogP contribution in [-0.4, -0.2) is 20.2 Å². The van der Waals surface area contributed by atoms with Crippen molar-refractivity contribution in [2.24, 2.45) is 0 Å². The second kappa shape index (κ2) is 16.2. The minimum absolute atomic E-state index is 0.779. The predicted molar refractivity (Wildman–Crippen MR) is 175 cm³/mol. The summed E-state index contributed by atoms with van der Waals surface area (Å²) in [4.78, 5) is 0. The SMILES string of the molecule is C[N+](C)(c1ccccc1)c1ccccc1.Fc1c(F)c(F)c([B-](c2c(F)c(F)c(F)c(F)c2F)(c2c(F)c(F)c(F)c(F)c2F)c2c(F)c(F)c(F)c(F)c2F)c(F)c1F. The van der Waals surface area contributed by atoms with Gasteiger partial charge in [-0.15, -0.1) is 21.9 Å². The Morgan fingerprint density at radius 3 is 0.567 bits per heavy atom. The van der Waals surface area contributed by atoms with E-state index in [4.69, 9.17) is 0 Å². The van der Waals surface area contributed by atoms with E-state index in [2.05, 4.69) is 74.8 Å². The van der Waals surface area contributed by atoms with Gasteiger partial charge in [-0.25, -0.2) is 87.8 Å². The molecular formula is C38H16BF20N. The van der Waals surface area contributed by atoms with Crippen LogP contribution in [0.1, 0.15) is 0 Å². The van der Waals surface area contributed by atoms with Crippen molar-refractivity contribution >= 4 is 39.4 Å². The molecule has 0 amide bonds. The van der Waals surface area contributed by atoms with E-state index in [9.17, 15) is 52.7 Å². The molecule has 22 heteroatoms. The van der Waals surface area contributed by atoms with Crippen molar-refractivity contribution in [3.8, 4) is 0 Å². The zero-order valence-electron chi connectivity index (χ0n) is 29.4. The molecular weight excluding hydrogens is 861 g/mol. The highest BCUT2D eigenvalue weighted by atomic mass is 19.2. The largest absolute Gasteiger partial charge is 0.264 e. The molecule has 0 spiro atoms. The van der Waals surface area contributed by atoms with Crippen LogP contribution < -0.4 is 26.3 Å². The van der Waals surface area contributed by atoms with Gasteiger partial charge in [0.05, 0.1) is 14.1 Å². The van der Waals surface area contributed by atoms with Gasteiger partial charge in [0.1, 0.15) is 64.1 Å². The normalized spacial score (nSPS) is 11.8. The molecule has 0 bridgehead atoms. The second-order valence-electron chi connectivity index (χ2n) is 12.9. The molecule has 0 atom stereocenters. The van der Waals surface area contributed by atoms with Crippen molar-refractivity contribution in [2.75, 3.05) is 14.1 Å². The van der Waals surface area contributed by atoms with E-state index < -0.39 is 144 Å². The number of halogens is 20. The lowest BCUT2D eigenvalue weighted by atomic mass is 9.12. The molecule has 0 saturated heterocycles. The molecule has 0 saturated carbocycles. The fraction of sp³-hybridized carbons (Fsp3) is 0.0526. The predicted octanol–water partition coefficient (Wildman–Crippen LogP) is 9.43. The van der Waals surface area contributed by atoms with Gasteiger partial charge in [-0.1, -0.05) is 36.4 Å². The summed E-state index contributed by atoms with van der Waals surface area (Å²) in [5.74, 6) is -71.4. The van der Waals surface area contributed by atoms with E-state index in [1.165, 1.54) is 11.4 Å². The minimum atomic E-state index is -7.22. The lowest BCUT2D eigenvalue weighted by Gasteiger charge is -2.44. The molecule has 0 unspecified atom stereocenters. The molecule has 0 aliphatic heterocycles. The van der Waals surface area contributed by atoms with Gasteiger partial charge in [0.25, 0.3) is 0 Å². The highest BCUT2D eigenvalue weighted by Gasteiger charge is 2.52. The van der Waals surface area contributed by atoms with E-state index in [-0.39, 0.29) is 0 Å². The molecule has 6 rings (SSSR count). The highest BCUT2D eigenvalue weighted by Crippen LogP contribution is 2.32. The first-order chi connectivity index (χ1) is 27.9. The summed E-state index contributed by atoms with van der Waals surface area (Å²) in [7, 11) is 4.40. The number of hydrogen-bond acceptors (Lipinski definition) is 0. The molecule has 6 aromatic carbocycles. The third kappa shape index (κ3) is 6.69. The average molecular weight is 877 g/mol. The maximum Gasteiger partial charge on any atom is 0.200 e. The fourth-order valence-electron chi connectivity index (χ4n) is 6.62. The first-order valence-corrected chi connectivity index (χ1v) is 16.1. The van der Waals surface area contributed by atoms with Crippen LogP contribution in [-0.2, 0) is 0 Å². The quantitative estimate of drug-likeness (QED) is 0.0515. The van der Waals surface area contributed by atoms with Crippen LogP contribution in [0.25, 0.3) is 0 Å². The Hall–Kier alpha value is -6.06. The number of quaternary nitrogens is 1. The maximum absolute atomic E-state index is 15.4. The van der Waals surface area contributed by atoms with Gasteiger partial charge >= 0.3 is 0 Å². The third-order valence-corrected chi connectivity index (χ3v) is 9.51. The fourth-order valence-corrected chi connectivity index (χ4v) is 6.62. The number of nitrogens with zero attached hydrogens (tertiary/aromatic N) is 1. The smallest absolute Gasteiger partial charge is 0.200 e. The van der Waals surface area contributed by atoms with Crippen molar-refractivity contribution in [1.82, 2.24) is 4.48 Å². The van der Waals surface area contributed by atoms with Gasteiger partial charge in [0, 0.05) is 0 Å². The summed E-state index contributed by atoms with van der Waals surface area (Å²) in [6, 6.07) is 21.1. The van der Waals surface area contributed by atoms with Crippen molar-refractivity contribution in [3.63, 3.8) is 0 Å². The lowest BCUT2D eigenvalue weighted by molar-refractivity contribution is 0.378. The molecule has 0 fully saturated rings. The summed E-state index contributed by atoms with van der Waals surface area (Å²) in [5.41, 5.74) is -11.7. The Kier molecular flexibility index (Phi) is 12.2. The number of rotatable bonds is 6. The van der Waals surface area contributed by atoms with Crippen LogP contribution in [0, 0.1) is 116 Å². The van der Waals surface area contributed by atoms with E-state index in [1.54, 1.807) is 0 Å². The molecule has 0 heterocycles. The van der Waals surface area contributed by atoms with Crippen LogP contribution in [0.15, 0.2) is 60.7 Å². The first-order valence-electron chi connectivity index (χ1n) is 16.1. The summed E-state index contributed by atoms with van der Waals surface area (Å²) in [6.45, 7) is 0.